The molecule has 2 aromatic carbocycles. The van der Waals surface area contributed by atoms with E-state index in [-0.39, 0.29) is 11.6 Å². The highest BCUT2D eigenvalue weighted by molar-refractivity contribution is 5.97. The fraction of sp³-hybridized carbons (Fsp3) is 0.176. The molecule has 0 aliphatic heterocycles. The molecule has 3 aromatic rings. The SMILES string of the molecule is COc1ccccc1N[C@@H](C)C(=O)Nc1ccc2[nH]c(=O)[nH]c2c1. The number of methoxy groups -OCH3 is 1. The van der Waals surface area contributed by atoms with Gasteiger partial charge in [-0.2, -0.15) is 0 Å². The van der Waals surface area contributed by atoms with Gasteiger partial charge in [-0.15, -0.1) is 0 Å². The largest absolute Gasteiger partial charge is 0.495 e. The van der Waals surface area contributed by atoms with Crippen LogP contribution in [0.3, 0.4) is 0 Å². The number of aromatic amines is 2. The molecule has 0 radical (unpaired) electrons. The Morgan fingerprint density at radius 3 is 2.67 bits per heavy atom. The highest BCUT2D eigenvalue weighted by atomic mass is 16.5. The number of rotatable bonds is 5. The summed E-state index contributed by atoms with van der Waals surface area (Å²) in [6, 6.07) is 12.1. The van der Waals surface area contributed by atoms with Crippen LogP contribution >= 0.6 is 0 Å². The number of para-hydroxylation sites is 2. The minimum Gasteiger partial charge on any atom is -0.495 e. The summed E-state index contributed by atoms with van der Waals surface area (Å²) in [5.41, 5.74) is 2.41. The quantitative estimate of drug-likeness (QED) is 0.578. The van der Waals surface area contributed by atoms with Gasteiger partial charge in [-0.3, -0.25) is 4.79 Å². The first-order chi connectivity index (χ1) is 11.6. The number of fused-ring (bicyclic) bond motifs is 1. The zero-order valence-corrected chi connectivity index (χ0v) is 13.3. The first-order valence-corrected chi connectivity index (χ1v) is 7.49. The number of carbonyl (C=O) groups is 1. The topological polar surface area (TPSA) is 99.0 Å². The van der Waals surface area contributed by atoms with E-state index in [1.807, 2.05) is 24.3 Å². The van der Waals surface area contributed by atoms with Crippen LogP contribution in [0.4, 0.5) is 11.4 Å². The maximum Gasteiger partial charge on any atom is 0.323 e. The van der Waals surface area contributed by atoms with E-state index in [1.54, 1.807) is 32.2 Å². The second kappa shape index (κ2) is 6.49. The molecule has 0 saturated heterocycles. The van der Waals surface area contributed by atoms with Gasteiger partial charge < -0.3 is 25.3 Å². The molecule has 7 nitrogen and oxygen atoms in total. The van der Waals surface area contributed by atoms with E-state index in [0.717, 1.165) is 5.69 Å². The Kier molecular flexibility index (Phi) is 4.24. The van der Waals surface area contributed by atoms with Crippen molar-refractivity contribution in [3.05, 3.63) is 52.9 Å². The lowest BCUT2D eigenvalue weighted by molar-refractivity contribution is -0.116. The summed E-state index contributed by atoms with van der Waals surface area (Å²) >= 11 is 0. The first kappa shape index (κ1) is 15.7. The number of H-pyrrole nitrogens is 2. The highest BCUT2D eigenvalue weighted by Gasteiger charge is 2.15. The van der Waals surface area contributed by atoms with Crippen LogP contribution in [0.1, 0.15) is 6.92 Å². The molecule has 3 rings (SSSR count). The number of aromatic nitrogens is 2. The van der Waals surface area contributed by atoms with Crippen molar-refractivity contribution >= 4 is 28.3 Å². The second-order valence-corrected chi connectivity index (χ2v) is 5.40. The molecule has 0 fully saturated rings. The summed E-state index contributed by atoms with van der Waals surface area (Å²) in [6.45, 7) is 1.76. The molecule has 24 heavy (non-hydrogen) atoms. The standard InChI is InChI=1S/C17H18N4O3/c1-10(18-13-5-3-4-6-15(13)24-2)16(22)19-11-7-8-12-14(9-11)21-17(23)20-12/h3-10,18H,1-2H3,(H,19,22)(H2,20,21,23)/t10-/m0/s1. The third-order valence-corrected chi connectivity index (χ3v) is 3.66. The molecule has 0 unspecified atom stereocenters. The van der Waals surface area contributed by atoms with Crippen molar-refractivity contribution in [1.29, 1.82) is 0 Å². The van der Waals surface area contributed by atoms with Gasteiger partial charge in [0.1, 0.15) is 11.8 Å². The average Bonchev–Trinajstić information content (AvgIpc) is 2.94. The van der Waals surface area contributed by atoms with Gasteiger partial charge in [0.05, 0.1) is 23.8 Å². The predicted octanol–water partition coefficient (Wildman–Crippen LogP) is 2.30. The van der Waals surface area contributed by atoms with Gasteiger partial charge in [-0.05, 0) is 37.3 Å². The van der Waals surface area contributed by atoms with Crippen LogP contribution in [-0.4, -0.2) is 29.0 Å². The van der Waals surface area contributed by atoms with Crippen LogP contribution in [0.5, 0.6) is 5.75 Å². The molecule has 4 N–H and O–H groups in total. The van der Waals surface area contributed by atoms with Crippen molar-refractivity contribution in [3.8, 4) is 5.75 Å². The maximum atomic E-state index is 12.4. The zero-order chi connectivity index (χ0) is 17.1. The number of hydrogen-bond acceptors (Lipinski definition) is 4. The number of imidazole rings is 1. The Labute approximate surface area is 138 Å². The Morgan fingerprint density at radius 1 is 1.12 bits per heavy atom. The van der Waals surface area contributed by atoms with Gasteiger partial charge in [-0.1, -0.05) is 12.1 Å². The smallest absolute Gasteiger partial charge is 0.323 e. The Bertz CT molecular complexity index is 929. The molecular weight excluding hydrogens is 308 g/mol. The lowest BCUT2D eigenvalue weighted by Gasteiger charge is -2.17. The molecule has 1 amide bonds. The lowest BCUT2D eigenvalue weighted by Crippen LogP contribution is -2.32. The van der Waals surface area contributed by atoms with E-state index >= 15 is 0 Å². The maximum absolute atomic E-state index is 12.4. The van der Waals surface area contributed by atoms with Gasteiger partial charge in [0, 0.05) is 5.69 Å². The summed E-state index contributed by atoms with van der Waals surface area (Å²) in [5.74, 6) is 0.474. The van der Waals surface area contributed by atoms with Crippen LogP contribution < -0.4 is 21.1 Å². The zero-order valence-electron chi connectivity index (χ0n) is 13.3. The number of hydrogen-bond donors (Lipinski definition) is 4. The van der Waals surface area contributed by atoms with E-state index in [0.29, 0.717) is 22.5 Å². The summed E-state index contributed by atoms with van der Waals surface area (Å²) in [5, 5.41) is 5.94. The van der Waals surface area contributed by atoms with Crippen LogP contribution in [0.2, 0.25) is 0 Å². The van der Waals surface area contributed by atoms with Crippen molar-refractivity contribution in [2.24, 2.45) is 0 Å². The van der Waals surface area contributed by atoms with Crippen molar-refractivity contribution < 1.29 is 9.53 Å². The lowest BCUT2D eigenvalue weighted by atomic mass is 10.2. The van der Waals surface area contributed by atoms with E-state index in [4.69, 9.17) is 4.74 Å². The van der Waals surface area contributed by atoms with Crippen molar-refractivity contribution in [1.82, 2.24) is 9.97 Å². The van der Waals surface area contributed by atoms with Gasteiger partial charge >= 0.3 is 5.69 Å². The van der Waals surface area contributed by atoms with Crippen molar-refractivity contribution in [3.63, 3.8) is 0 Å². The van der Waals surface area contributed by atoms with Gasteiger partial charge in [-0.25, -0.2) is 4.79 Å². The second-order valence-electron chi connectivity index (χ2n) is 5.40. The first-order valence-electron chi connectivity index (χ1n) is 7.49. The van der Waals surface area contributed by atoms with Crippen molar-refractivity contribution in [2.45, 2.75) is 13.0 Å². The normalized spacial score (nSPS) is 11.9. The number of benzene rings is 2. The molecule has 0 aliphatic carbocycles. The molecule has 7 heteroatoms. The molecule has 1 atom stereocenters. The van der Waals surface area contributed by atoms with Gasteiger partial charge in [0.25, 0.3) is 0 Å². The predicted molar refractivity (Wildman–Crippen MR) is 93.6 cm³/mol. The van der Waals surface area contributed by atoms with Crippen LogP contribution in [0, 0.1) is 0 Å². The summed E-state index contributed by atoms with van der Waals surface area (Å²) in [6.07, 6.45) is 0. The van der Waals surface area contributed by atoms with Crippen LogP contribution in [-0.2, 0) is 4.79 Å². The van der Waals surface area contributed by atoms with Crippen LogP contribution in [0.25, 0.3) is 11.0 Å². The van der Waals surface area contributed by atoms with E-state index in [2.05, 4.69) is 20.6 Å². The number of ether oxygens (including phenoxy) is 1. The summed E-state index contributed by atoms with van der Waals surface area (Å²) in [7, 11) is 1.58. The number of nitrogens with one attached hydrogen (secondary N) is 4. The fourth-order valence-corrected chi connectivity index (χ4v) is 2.42. The van der Waals surface area contributed by atoms with Crippen molar-refractivity contribution in [2.75, 3.05) is 17.7 Å². The fourth-order valence-electron chi connectivity index (χ4n) is 2.42. The summed E-state index contributed by atoms with van der Waals surface area (Å²) in [4.78, 5) is 29.0. The minimum absolute atomic E-state index is 0.196. The highest BCUT2D eigenvalue weighted by Crippen LogP contribution is 2.24. The molecule has 0 bridgehead atoms. The van der Waals surface area contributed by atoms with E-state index < -0.39 is 6.04 Å². The minimum atomic E-state index is -0.470. The third kappa shape index (κ3) is 3.24. The van der Waals surface area contributed by atoms with E-state index in [9.17, 15) is 9.59 Å². The molecule has 0 spiro atoms. The average molecular weight is 326 g/mol. The molecule has 1 heterocycles. The Hall–Kier alpha value is -3.22. The number of carbonyl (C=O) groups excluding carboxylic acids is 1. The Morgan fingerprint density at radius 2 is 1.88 bits per heavy atom. The van der Waals surface area contributed by atoms with Crippen LogP contribution in [0.15, 0.2) is 47.3 Å². The monoisotopic (exact) mass is 326 g/mol. The Balaban J connectivity index is 1.71. The summed E-state index contributed by atoms with van der Waals surface area (Å²) < 4.78 is 5.26. The number of anilines is 2. The molecule has 0 aliphatic rings. The third-order valence-electron chi connectivity index (χ3n) is 3.66. The van der Waals surface area contributed by atoms with Gasteiger partial charge in [0.15, 0.2) is 0 Å². The van der Waals surface area contributed by atoms with Gasteiger partial charge in [0.2, 0.25) is 5.91 Å². The molecular formula is C17H18N4O3. The molecule has 1 aromatic heterocycles. The molecule has 124 valence electrons. The number of amides is 1. The molecule has 0 saturated carbocycles. The van der Waals surface area contributed by atoms with E-state index in [1.165, 1.54) is 0 Å².